The van der Waals surface area contributed by atoms with Gasteiger partial charge in [0.2, 0.25) is 0 Å². The molecule has 1 N–H and O–H groups in total. The molecule has 0 amide bonds. The van der Waals surface area contributed by atoms with Gasteiger partial charge in [0.1, 0.15) is 22.1 Å². The topological polar surface area (TPSA) is 73.9 Å². The van der Waals surface area contributed by atoms with Crippen molar-refractivity contribution in [1.82, 2.24) is 0 Å². The monoisotopic (exact) mass is 337 g/mol. The SMILES string of the molecule is COc1ccc(S(=O)(=O)Nc2cc(C)ccc2OC)c(OC)c1. The fourth-order valence-electron chi connectivity index (χ4n) is 2.10. The van der Waals surface area contributed by atoms with E-state index in [0.717, 1.165) is 5.56 Å². The molecule has 124 valence electrons. The molecule has 0 radical (unpaired) electrons. The summed E-state index contributed by atoms with van der Waals surface area (Å²) in [5, 5.41) is 0. The molecule has 2 rings (SSSR count). The summed E-state index contributed by atoms with van der Waals surface area (Å²) in [4.78, 5) is 0.0179. The zero-order valence-electron chi connectivity index (χ0n) is 13.4. The van der Waals surface area contributed by atoms with E-state index < -0.39 is 10.0 Å². The van der Waals surface area contributed by atoms with Crippen molar-refractivity contribution in [2.45, 2.75) is 11.8 Å². The quantitative estimate of drug-likeness (QED) is 0.877. The summed E-state index contributed by atoms with van der Waals surface area (Å²) >= 11 is 0. The Morgan fingerprint density at radius 3 is 2.17 bits per heavy atom. The molecule has 7 heteroatoms. The van der Waals surface area contributed by atoms with E-state index in [2.05, 4.69) is 4.72 Å². The van der Waals surface area contributed by atoms with Crippen LogP contribution in [0.25, 0.3) is 0 Å². The van der Waals surface area contributed by atoms with E-state index in [0.29, 0.717) is 17.2 Å². The minimum Gasteiger partial charge on any atom is -0.497 e. The van der Waals surface area contributed by atoms with Crippen LogP contribution in [0, 0.1) is 6.92 Å². The first-order valence-corrected chi connectivity index (χ1v) is 8.29. The third kappa shape index (κ3) is 3.68. The van der Waals surface area contributed by atoms with Gasteiger partial charge in [0.25, 0.3) is 10.0 Å². The minimum atomic E-state index is -3.84. The van der Waals surface area contributed by atoms with E-state index in [4.69, 9.17) is 14.2 Å². The fourth-order valence-corrected chi connectivity index (χ4v) is 3.31. The van der Waals surface area contributed by atoms with Crippen LogP contribution in [0.4, 0.5) is 5.69 Å². The Bertz CT molecular complexity index is 802. The summed E-state index contributed by atoms with van der Waals surface area (Å²) in [5.41, 5.74) is 1.27. The lowest BCUT2D eigenvalue weighted by atomic mass is 10.2. The number of benzene rings is 2. The molecule has 0 saturated carbocycles. The second-order valence-electron chi connectivity index (χ2n) is 4.83. The first-order valence-electron chi connectivity index (χ1n) is 6.80. The van der Waals surface area contributed by atoms with Crippen molar-refractivity contribution in [3.63, 3.8) is 0 Å². The summed E-state index contributed by atoms with van der Waals surface area (Å²) < 4.78 is 43.3. The molecule has 0 spiro atoms. The van der Waals surface area contributed by atoms with Crippen LogP contribution in [-0.2, 0) is 10.0 Å². The molecular weight excluding hydrogens is 318 g/mol. The molecule has 0 aliphatic rings. The number of hydrogen-bond donors (Lipinski definition) is 1. The number of rotatable bonds is 6. The summed E-state index contributed by atoms with van der Waals surface area (Å²) in [7, 11) is 0.544. The van der Waals surface area contributed by atoms with Crippen LogP contribution < -0.4 is 18.9 Å². The number of methoxy groups -OCH3 is 3. The third-order valence-corrected chi connectivity index (χ3v) is 4.66. The van der Waals surface area contributed by atoms with Gasteiger partial charge in [-0.15, -0.1) is 0 Å². The molecule has 0 fully saturated rings. The number of hydrogen-bond acceptors (Lipinski definition) is 5. The van der Waals surface area contributed by atoms with E-state index in [1.807, 2.05) is 13.0 Å². The molecule has 0 heterocycles. The van der Waals surface area contributed by atoms with Gasteiger partial charge in [-0.1, -0.05) is 6.07 Å². The summed E-state index contributed by atoms with van der Waals surface area (Å²) in [6, 6.07) is 9.75. The fraction of sp³-hybridized carbons (Fsp3) is 0.250. The lowest BCUT2D eigenvalue weighted by Gasteiger charge is -2.15. The smallest absolute Gasteiger partial charge is 0.265 e. The van der Waals surface area contributed by atoms with Gasteiger partial charge in [0.15, 0.2) is 0 Å². The van der Waals surface area contributed by atoms with Crippen LogP contribution in [0.2, 0.25) is 0 Å². The Kier molecular flexibility index (Phi) is 5.00. The van der Waals surface area contributed by atoms with Crippen LogP contribution in [0.5, 0.6) is 17.2 Å². The predicted molar refractivity (Wildman–Crippen MR) is 88.1 cm³/mol. The van der Waals surface area contributed by atoms with Crippen LogP contribution >= 0.6 is 0 Å². The van der Waals surface area contributed by atoms with Crippen molar-refractivity contribution in [2.75, 3.05) is 26.1 Å². The van der Waals surface area contributed by atoms with Crippen LogP contribution in [-0.4, -0.2) is 29.7 Å². The number of sulfonamides is 1. The molecule has 0 bridgehead atoms. The van der Waals surface area contributed by atoms with E-state index >= 15 is 0 Å². The molecule has 0 unspecified atom stereocenters. The maximum absolute atomic E-state index is 12.7. The maximum atomic E-state index is 12.7. The highest BCUT2D eigenvalue weighted by Crippen LogP contribution is 2.32. The molecule has 2 aromatic carbocycles. The zero-order chi connectivity index (χ0) is 17.0. The molecule has 0 aliphatic carbocycles. The zero-order valence-corrected chi connectivity index (χ0v) is 14.2. The van der Waals surface area contributed by atoms with Gasteiger partial charge in [-0.25, -0.2) is 8.42 Å². The minimum absolute atomic E-state index is 0.0179. The standard InChI is InChI=1S/C16H19NO5S/c1-11-5-7-14(21-3)13(9-11)17-23(18,19)16-8-6-12(20-2)10-15(16)22-4/h5-10,17H,1-4H3. The highest BCUT2D eigenvalue weighted by atomic mass is 32.2. The van der Waals surface area contributed by atoms with Gasteiger partial charge in [-0.3, -0.25) is 4.72 Å². The van der Waals surface area contributed by atoms with Gasteiger partial charge in [0.05, 0.1) is 27.0 Å². The second-order valence-corrected chi connectivity index (χ2v) is 6.48. The van der Waals surface area contributed by atoms with E-state index in [9.17, 15) is 8.42 Å². The van der Waals surface area contributed by atoms with Crippen molar-refractivity contribution in [2.24, 2.45) is 0 Å². The van der Waals surface area contributed by atoms with Crippen molar-refractivity contribution in [3.05, 3.63) is 42.0 Å². The molecule has 0 aliphatic heterocycles. The molecule has 6 nitrogen and oxygen atoms in total. The van der Waals surface area contributed by atoms with Gasteiger partial charge < -0.3 is 14.2 Å². The first-order chi connectivity index (χ1) is 10.9. The van der Waals surface area contributed by atoms with E-state index in [-0.39, 0.29) is 10.6 Å². The number of aryl methyl sites for hydroxylation is 1. The van der Waals surface area contributed by atoms with Crippen molar-refractivity contribution in [1.29, 1.82) is 0 Å². The Morgan fingerprint density at radius 1 is 0.870 bits per heavy atom. The summed E-state index contributed by atoms with van der Waals surface area (Å²) in [6.07, 6.45) is 0. The molecule has 0 saturated heterocycles. The maximum Gasteiger partial charge on any atom is 0.265 e. The van der Waals surface area contributed by atoms with Crippen molar-refractivity contribution >= 4 is 15.7 Å². The van der Waals surface area contributed by atoms with Crippen molar-refractivity contribution in [3.8, 4) is 17.2 Å². The lowest BCUT2D eigenvalue weighted by molar-refractivity contribution is 0.386. The van der Waals surface area contributed by atoms with Gasteiger partial charge >= 0.3 is 0 Å². The second kappa shape index (κ2) is 6.78. The number of anilines is 1. The van der Waals surface area contributed by atoms with Gasteiger partial charge in [0, 0.05) is 6.07 Å². The van der Waals surface area contributed by atoms with Gasteiger partial charge in [-0.2, -0.15) is 0 Å². The Balaban J connectivity index is 2.46. The largest absolute Gasteiger partial charge is 0.497 e. The van der Waals surface area contributed by atoms with Crippen LogP contribution in [0.1, 0.15) is 5.56 Å². The van der Waals surface area contributed by atoms with Gasteiger partial charge in [-0.05, 0) is 36.8 Å². The number of nitrogens with one attached hydrogen (secondary N) is 1. The Morgan fingerprint density at radius 2 is 1.57 bits per heavy atom. The highest BCUT2D eigenvalue weighted by molar-refractivity contribution is 7.92. The molecule has 23 heavy (non-hydrogen) atoms. The summed E-state index contributed by atoms with van der Waals surface area (Å²) in [6.45, 7) is 1.87. The van der Waals surface area contributed by atoms with Crippen LogP contribution in [0.3, 0.4) is 0 Å². The first kappa shape index (κ1) is 17.0. The van der Waals surface area contributed by atoms with E-state index in [1.165, 1.54) is 33.5 Å². The molecule has 2 aromatic rings. The molecule has 0 atom stereocenters. The van der Waals surface area contributed by atoms with E-state index in [1.54, 1.807) is 18.2 Å². The molecule has 0 aromatic heterocycles. The Hall–Kier alpha value is -2.41. The normalized spacial score (nSPS) is 11.0. The Labute approximate surface area is 136 Å². The van der Waals surface area contributed by atoms with Crippen molar-refractivity contribution < 1.29 is 22.6 Å². The molecular formula is C16H19NO5S. The average molecular weight is 337 g/mol. The highest BCUT2D eigenvalue weighted by Gasteiger charge is 2.21. The lowest BCUT2D eigenvalue weighted by Crippen LogP contribution is -2.15. The predicted octanol–water partition coefficient (Wildman–Crippen LogP) is 2.82. The summed E-state index contributed by atoms with van der Waals surface area (Å²) in [5.74, 6) is 1.14. The number of ether oxygens (including phenoxy) is 3. The average Bonchev–Trinajstić information content (AvgIpc) is 2.54. The van der Waals surface area contributed by atoms with Crippen LogP contribution in [0.15, 0.2) is 41.3 Å². The third-order valence-electron chi connectivity index (χ3n) is 3.26.